The maximum atomic E-state index is 12.8. The second kappa shape index (κ2) is 7.61. The summed E-state index contributed by atoms with van der Waals surface area (Å²) in [5, 5.41) is 2.93. The number of likely N-dealkylation sites (tertiary alicyclic amines) is 1. The van der Waals surface area contributed by atoms with Crippen LogP contribution < -0.4 is 5.32 Å². The van der Waals surface area contributed by atoms with Crippen LogP contribution in [-0.4, -0.2) is 34.9 Å². The number of halogens is 4. The molecule has 1 aromatic heterocycles. The Bertz CT molecular complexity index is 916. The number of carbonyl (C=O) groups excluding carboxylic acids is 1. The lowest BCUT2D eigenvalue weighted by Crippen LogP contribution is -2.48. The molecular weight excluding hydrogens is 403 g/mol. The van der Waals surface area contributed by atoms with Crippen molar-refractivity contribution in [1.29, 1.82) is 0 Å². The van der Waals surface area contributed by atoms with E-state index in [-0.39, 0.29) is 24.4 Å². The van der Waals surface area contributed by atoms with Crippen molar-refractivity contribution in [2.24, 2.45) is 0 Å². The average molecular weight is 426 g/mol. The Labute approximate surface area is 173 Å². The van der Waals surface area contributed by atoms with Crippen LogP contribution in [0.4, 0.5) is 13.2 Å². The number of alkyl halides is 3. The third kappa shape index (κ3) is 3.73. The molecule has 4 rings (SSSR count). The lowest BCUT2D eigenvalue weighted by atomic mass is 9.95. The number of aromatic nitrogens is 1. The molecule has 2 fully saturated rings. The highest BCUT2D eigenvalue weighted by Crippen LogP contribution is 2.45. The molecule has 2 aromatic rings. The molecule has 4 nitrogen and oxygen atoms in total. The molecule has 1 spiro atoms. The minimum atomic E-state index is -4.35. The Hall–Kier alpha value is -2.12. The van der Waals surface area contributed by atoms with Crippen molar-refractivity contribution >= 4 is 18.3 Å². The van der Waals surface area contributed by atoms with Crippen molar-refractivity contribution in [3.63, 3.8) is 0 Å². The van der Waals surface area contributed by atoms with E-state index in [2.05, 4.69) is 15.2 Å². The van der Waals surface area contributed by atoms with Gasteiger partial charge < -0.3 is 5.32 Å². The van der Waals surface area contributed by atoms with Gasteiger partial charge in [0.25, 0.3) is 0 Å². The number of nitrogens with one attached hydrogen (secondary N) is 1. The number of hydrogen-bond donors (Lipinski definition) is 1. The van der Waals surface area contributed by atoms with Gasteiger partial charge in [-0.05, 0) is 68.6 Å². The number of aryl methyl sites for hydroxylation is 1. The van der Waals surface area contributed by atoms with Gasteiger partial charge in [0.2, 0.25) is 5.91 Å². The quantitative estimate of drug-likeness (QED) is 0.769. The summed E-state index contributed by atoms with van der Waals surface area (Å²) in [4.78, 5) is 19.2. The third-order valence-electron chi connectivity index (χ3n) is 6.08. The normalized spacial score (nSPS) is 24.6. The van der Waals surface area contributed by atoms with Crippen molar-refractivity contribution in [2.75, 3.05) is 13.6 Å². The number of likely N-dealkylation sites (N-methyl/N-ethyl adjacent to an activating group) is 1. The van der Waals surface area contributed by atoms with Crippen molar-refractivity contribution in [1.82, 2.24) is 15.2 Å². The maximum absolute atomic E-state index is 12.8. The second-order valence-electron chi connectivity index (χ2n) is 7.70. The highest BCUT2D eigenvalue weighted by Gasteiger charge is 2.52. The molecule has 1 aromatic carbocycles. The van der Waals surface area contributed by atoms with E-state index in [1.54, 1.807) is 0 Å². The van der Waals surface area contributed by atoms with Gasteiger partial charge in [-0.15, -0.1) is 12.4 Å². The van der Waals surface area contributed by atoms with Crippen LogP contribution in [0.25, 0.3) is 11.1 Å². The molecule has 0 radical (unpaired) electrons. The lowest BCUT2D eigenvalue weighted by Gasteiger charge is -2.32. The minimum absolute atomic E-state index is 0. The molecule has 2 aliphatic heterocycles. The number of rotatable bonds is 2. The number of amides is 1. The van der Waals surface area contributed by atoms with Gasteiger partial charge in [-0.25, -0.2) is 0 Å². The van der Waals surface area contributed by atoms with Crippen molar-refractivity contribution < 1.29 is 18.0 Å². The maximum Gasteiger partial charge on any atom is 0.416 e. The average Bonchev–Trinajstić information content (AvgIpc) is 3.18. The largest absolute Gasteiger partial charge is 0.416 e. The molecule has 3 heterocycles. The summed E-state index contributed by atoms with van der Waals surface area (Å²) in [7, 11) is 1.96. The lowest BCUT2D eigenvalue weighted by molar-refractivity contribution is -0.137. The fraction of sp³-hybridized carbons (Fsp3) is 0.429. The van der Waals surface area contributed by atoms with Crippen LogP contribution >= 0.6 is 12.4 Å². The zero-order chi connectivity index (χ0) is 20.1. The number of nitrogens with zero attached hydrogens (tertiary/aromatic N) is 2. The fourth-order valence-corrected chi connectivity index (χ4v) is 4.51. The van der Waals surface area contributed by atoms with E-state index >= 15 is 0 Å². The first-order valence-corrected chi connectivity index (χ1v) is 9.38. The molecule has 1 amide bonds. The van der Waals surface area contributed by atoms with Gasteiger partial charge in [0, 0.05) is 12.2 Å². The SMILES string of the molecule is Cc1cc(-c2ccc(C(F)(F)F)cc2)cc([C@@H]2CC[C@@]3(CCNC3=O)N2C)n1.Cl. The summed E-state index contributed by atoms with van der Waals surface area (Å²) >= 11 is 0. The topological polar surface area (TPSA) is 45.2 Å². The minimum Gasteiger partial charge on any atom is -0.354 e. The number of benzene rings is 1. The Morgan fingerprint density at radius 3 is 2.41 bits per heavy atom. The zero-order valence-electron chi connectivity index (χ0n) is 16.2. The van der Waals surface area contributed by atoms with Gasteiger partial charge in [-0.2, -0.15) is 13.2 Å². The molecule has 2 aliphatic rings. The van der Waals surface area contributed by atoms with E-state index in [0.717, 1.165) is 48.3 Å². The third-order valence-corrected chi connectivity index (χ3v) is 6.08. The van der Waals surface area contributed by atoms with E-state index < -0.39 is 17.3 Å². The first-order chi connectivity index (χ1) is 13.2. The second-order valence-corrected chi connectivity index (χ2v) is 7.70. The van der Waals surface area contributed by atoms with Crippen LogP contribution in [0.3, 0.4) is 0 Å². The summed E-state index contributed by atoms with van der Waals surface area (Å²) < 4.78 is 38.5. The first-order valence-electron chi connectivity index (χ1n) is 9.38. The molecule has 2 atom stereocenters. The van der Waals surface area contributed by atoms with Gasteiger partial charge in [-0.1, -0.05) is 12.1 Å². The first kappa shape index (κ1) is 21.6. The number of pyridine rings is 1. The van der Waals surface area contributed by atoms with Gasteiger partial charge >= 0.3 is 6.18 Å². The molecule has 0 aliphatic carbocycles. The standard InChI is InChI=1S/C21H22F3N3O.ClH/c1-13-11-15(14-3-5-16(6-4-14)21(22,23)24)12-17(26-13)18-7-8-20(27(18)2)9-10-25-19(20)28;/h3-6,11-12,18H,7-10H2,1-2H3,(H,25,28);1H/t18-,20-;/m0./s1. The molecule has 1 N–H and O–H groups in total. The van der Waals surface area contributed by atoms with Crippen molar-refractivity contribution in [3.05, 3.63) is 53.3 Å². The Balaban J connectivity index is 0.00000240. The van der Waals surface area contributed by atoms with Gasteiger partial charge in [0.15, 0.2) is 0 Å². The molecule has 29 heavy (non-hydrogen) atoms. The highest BCUT2D eigenvalue weighted by molar-refractivity contribution is 5.88. The van der Waals surface area contributed by atoms with E-state index in [9.17, 15) is 18.0 Å². The Morgan fingerprint density at radius 2 is 1.83 bits per heavy atom. The van der Waals surface area contributed by atoms with E-state index in [0.29, 0.717) is 12.1 Å². The van der Waals surface area contributed by atoms with Crippen LogP contribution in [-0.2, 0) is 11.0 Å². The summed E-state index contributed by atoms with van der Waals surface area (Å²) in [5.41, 5.74) is 2.08. The van der Waals surface area contributed by atoms with Crippen LogP contribution in [0.1, 0.15) is 42.3 Å². The van der Waals surface area contributed by atoms with Gasteiger partial charge in [0.1, 0.15) is 5.54 Å². The molecule has 2 saturated heterocycles. The molecular formula is C21H23ClF3N3O. The molecule has 8 heteroatoms. The summed E-state index contributed by atoms with van der Waals surface area (Å²) in [5.74, 6) is 0.0770. The molecule has 156 valence electrons. The van der Waals surface area contributed by atoms with E-state index in [1.807, 2.05) is 26.1 Å². The van der Waals surface area contributed by atoms with Crippen LogP contribution in [0.15, 0.2) is 36.4 Å². The summed E-state index contributed by atoms with van der Waals surface area (Å²) in [6.07, 6.45) is -1.95. The molecule has 0 bridgehead atoms. The predicted molar refractivity (Wildman–Crippen MR) is 107 cm³/mol. The number of carbonyl (C=O) groups is 1. The predicted octanol–water partition coefficient (Wildman–Crippen LogP) is 4.52. The zero-order valence-corrected chi connectivity index (χ0v) is 17.0. The number of hydrogen-bond acceptors (Lipinski definition) is 3. The van der Waals surface area contributed by atoms with Crippen LogP contribution in [0, 0.1) is 6.92 Å². The highest BCUT2D eigenvalue weighted by atomic mass is 35.5. The monoisotopic (exact) mass is 425 g/mol. The molecule has 0 unspecified atom stereocenters. The smallest absolute Gasteiger partial charge is 0.354 e. The Kier molecular flexibility index (Phi) is 5.66. The molecule has 0 saturated carbocycles. The van der Waals surface area contributed by atoms with E-state index in [1.165, 1.54) is 12.1 Å². The fourth-order valence-electron chi connectivity index (χ4n) is 4.51. The van der Waals surface area contributed by atoms with Gasteiger partial charge in [0.05, 0.1) is 17.3 Å². The summed E-state index contributed by atoms with van der Waals surface area (Å²) in [6.45, 7) is 2.57. The van der Waals surface area contributed by atoms with E-state index in [4.69, 9.17) is 0 Å². The van der Waals surface area contributed by atoms with Crippen LogP contribution in [0.5, 0.6) is 0 Å². The summed E-state index contributed by atoms with van der Waals surface area (Å²) in [6, 6.07) is 9.00. The van der Waals surface area contributed by atoms with Gasteiger partial charge in [-0.3, -0.25) is 14.7 Å². The van der Waals surface area contributed by atoms with Crippen molar-refractivity contribution in [2.45, 2.75) is 43.9 Å². The van der Waals surface area contributed by atoms with Crippen molar-refractivity contribution in [3.8, 4) is 11.1 Å². The Morgan fingerprint density at radius 1 is 1.14 bits per heavy atom. The van der Waals surface area contributed by atoms with Crippen LogP contribution in [0.2, 0.25) is 0 Å².